The highest BCUT2D eigenvalue weighted by Crippen LogP contribution is 2.32. The van der Waals surface area contributed by atoms with E-state index in [1.54, 1.807) is 24.5 Å². The Morgan fingerprint density at radius 2 is 1.79 bits per heavy atom. The predicted molar refractivity (Wildman–Crippen MR) is 104 cm³/mol. The highest BCUT2D eigenvalue weighted by atomic mass is 19.3. The molecule has 6 nitrogen and oxygen atoms in total. The quantitative estimate of drug-likeness (QED) is 0.679. The Labute approximate surface area is 160 Å². The SMILES string of the molecule is Cc1cn2c(C3=CN=CCN3c3ccc(OC(F)F)cc3)c(C)nc2c(C)n1. The van der Waals surface area contributed by atoms with Crippen molar-refractivity contribution in [1.29, 1.82) is 0 Å². The average molecular weight is 383 g/mol. The summed E-state index contributed by atoms with van der Waals surface area (Å²) in [5, 5.41) is 0. The van der Waals surface area contributed by atoms with Crippen molar-refractivity contribution in [2.75, 3.05) is 11.4 Å². The number of alkyl halides is 2. The fourth-order valence-corrected chi connectivity index (χ4v) is 3.43. The van der Waals surface area contributed by atoms with Crippen LogP contribution in [-0.2, 0) is 0 Å². The molecule has 0 amide bonds. The molecule has 8 heteroatoms. The van der Waals surface area contributed by atoms with Gasteiger partial charge in [0.05, 0.1) is 41.2 Å². The van der Waals surface area contributed by atoms with E-state index in [4.69, 9.17) is 0 Å². The summed E-state index contributed by atoms with van der Waals surface area (Å²) in [6.07, 6.45) is 5.53. The number of benzene rings is 1. The lowest BCUT2D eigenvalue weighted by Crippen LogP contribution is -2.27. The molecule has 2 aromatic heterocycles. The molecule has 3 heterocycles. The van der Waals surface area contributed by atoms with Crippen LogP contribution in [-0.4, -0.2) is 33.7 Å². The van der Waals surface area contributed by atoms with Gasteiger partial charge in [0, 0.05) is 18.1 Å². The number of hydrogen-bond acceptors (Lipinski definition) is 5. The number of imidazole rings is 1. The van der Waals surface area contributed by atoms with Crippen LogP contribution in [0.1, 0.15) is 22.8 Å². The molecule has 0 spiro atoms. The maximum atomic E-state index is 12.4. The summed E-state index contributed by atoms with van der Waals surface area (Å²) in [4.78, 5) is 15.6. The molecule has 1 aliphatic rings. The molecule has 0 fully saturated rings. The van der Waals surface area contributed by atoms with Gasteiger partial charge in [-0.3, -0.25) is 14.4 Å². The average Bonchev–Trinajstić information content (AvgIpc) is 2.98. The van der Waals surface area contributed by atoms with Crippen molar-refractivity contribution in [3.8, 4) is 5.75 Å². The number of ether oxygens (including phenoxy) is 1. The zero-order chi connectivity index (χ0) is 19.8. The van der Waals surface area contributed by atoms with E-state index in [9.17, 15) is 8.78 Å². The topological polar surface area (TPSA) is 55.0 Å². The summed E-state index contributed by atoms with van der Waals surface area (Å²) in [6.45, 7) is 3.54. The van der Waals surface area contributed by atoms with Gasteiger partial charge in [-0.25, -0.2) is 4.98 Å². The first-order valence-corrected chi connectivity index (χ1v) is 8.81. The van der Waals surface area contributed by atoms with Crippen LogP contribution >= 0.6 is 0 Å². The van der Waals surface area contributed by atoms with Crippen LogP contribution in [0.4, 0.5) is 14.5 Å². The van der Waals surface area contributed by atoms with Gasteiger partial charge in [-0.2, -0.15) is 8.78 Å². The summed E-state index contributed by atoms with van der Waals surface area (Å²) in [7, 11) is 0. The van der Waals surface area contributed by atoms with Crippen LogP contribution in [0.15, 0.2) is 41.7 Å². The van der Waals surface area contributed by atoms with Crippen molar-refractivity contribution >= 4 is 23.2 Å². The number of aliphatic imine (C=N–C) groups is 1. The lowest BCUT2D eigenvalue weighted by molar-refractivity contribution is -0.0498. The minimum absolute atomic E-state index is 0.123. The van der Waals surface area contributed by atoms with Crippen LogP contribution in [0, 0.1) is 20.8 Å². The number of aromatic nitrogens is 3. The summed E-state index contributed by atoms with van der Waals surface area (Å²) in [5.41, 5.74) is 6.05. The number of fused-ring (bicyclic) bond motifs is 1. The summed E-state index contributed by atoms with van der Waals surface area (Å²) in [6, 6.07) is 6.57. The Balaban J connectivity index is 1.78. The second kappa shape index (κ2) is 7.03. The van der Waals surface area contributed by atoms with Crippen LogP contribution in [0.2, 0.25) is 0 Å². The minimum atomic E-state index is -2.84. The number of nitrogens with zero attached hydrogens (tertiary/aromatic N) is 5. The first-order valence-electron chi connectivity index (χ1n) is 8.81. The number of anilines is 1. The van der Waals surface area contributed by atoms with E-state index in [0.29, 0.717) is 6.54 Å². The van der Waals surface area contributed by atoms with E-state index in [1.165, 1.54) is 12.1 Å². The lowest BCUT2D eigenvalue weighted by atomic mass is 10.2. The first-order chi connectivity index (χ1) is 13.4. The predicted octanol–water partition coefficient (Wildman–Crippen LogP) is 4.15. The first kappa shape index (κ1) is 18.1. The normalized spacial score (nSPS) is 14.1. The Morgan fingerprint density at radius 3 is 2.50 bits per heavy atom. The third-order valence-electron chi connectivity index (χ3n) is 4.54. The van der Waals surface area contributed by atoms with Gasteiger partial charge in [-0.05, 0) is 45.0 Å². The number of aryl methyl sites for hydroxylation is 3. The maximum Gasteiger partial charge on any atom is 0.387 e. The van der Waals surface area contributed by atoms with Crippen LogP contribution in [0.5, 0.6) is 5.75 Å². The maximum absolute atomic E-state index is 12.4. The third kappa shape index (κ3) is 3.21. The highest BCUT2D eigenvalue weighted by Gasteiger charge is 2.23. The molecule has 1 aromatic carbocycles. The largest absolute Gasteiger partial charge is 0.435 e. The molecular weight excluding hydrogens is 364 g/mol. The van der Waals surface area contributed by atoms with Crippen molar-refractivity contribution < 1.29 is 13.5 Å². The molecule has 0 saturated carbocycles. The number of halogens is 2. The number of rotatable bonds is 4. The minimum Gasteiger partial charge on any atom is -0.435 e. The lowest BCUT2D eigenvalue weighted by Gasteiger charge is -2.28. The van der Waals surface area contributed by atoms with Gasteiger partial charge in [-0.15, -0.1) is 0 Å². The standard InChI is InChI=1S/C20H19F2N5O/c1-12-11-27-18(13(2)25-19(27)14(3)24-12)17-10-23-8-9-26(17)15-4-6-16(7-5-15)28-20(21)22/h4-8,10-11,20H,9H2,1-3H3. The Bertz CT molecular complexity index is 1090. The summed E-state index contributed by atoms with van der Waals surface area (Å²) < 4.78 is 31.3. The third-order valence-corrected chi connectivity index (χ3v) is 4.54. The molecule has 144 valence electrons. The molecule has 3 aromatic rings. The zero-order valence-corrected chi connectivity index (χ0v) is 15.7. The Morgan fingerprint density at radius 1 is 1.04 bits per heavy atom. The summed E-state index contributed by atoms with van der Waals surface area (Å²) >= 11 is 0. The second-order valence-corrected chi connectivity index (χ2v) is 6.54. The van der Waals surface area contributed by atoms with E-state index >= 15 is 0 Å². The molecule has 0 atom stereocenters. The molecule has 1 aliphatic heterocycles. The molecular formula is C20H19F2N5O. The van der Waals surface area contributed by atoms with E-state index in [1.807, 2.05) is 31.4 Å². The van der Waals surface area contributed by atoms with Gasteiger partial charge >= 0.3 is 6.61 Å². The fraction of sp³-hybridized carbons (Fsp3) is 0.250. The van der Waals surface area contributed by atoms with Crippen LogP contribution in [0.25, 0.3) is 11.3 Å². The second-order valence-electron chi connectivity index (χ2n) is 6.54. The molecule has 28 heavy (non-hydrogen) atoms. The molecule has 0 saturated heterocycles. The molecule has 4 rings (SSSR count). The van der Waals surface area contributed by atoms with Gasteiger partial charge < -0.3 is 9.64 Å². The van der Waals surface area contributed by atoms with E-state index < -0.39 is 6.61 Å². The molecule has 0 radical (unpaired) electrons. The van der Waals surface area contributed by atoms with E-state index in [2.05, 4.69) is 24.6 Å². The van der Waals surface area contributed by atoms with E-state index in [-0.39, 0.29) is 5.75 Å². The smallest absolute Gasteiger partial charge is 0.387 e. The van der Waals surface area contributed by atoms with Crippen LogP contribution in [0.3, 0.4) is 0 Å². The zero-order valence-electron chi connectivity index (χ0n) is 15.7. The van der Waals surface area contributed by atoms with E-state index in [0.717, 1.165) is 39.8 Å². The van der Waals surface area contributed by atoms with Gasteiger partial charge in [0.15, 0.2) is 5.65 Å². The molecule has 0 aliphatic carbocycles. The van der Waals surface area contributed by atoms with Gasteiger partial charge in [0.25, 0.3) is 0 Å². The fourth-order valence-electron chi connectivity index (χ4n) is 3.43. The molecule has 0 N–H and O–H groups in total. The summed E-state index contributed by atoms with van der Waals surface area (Å²) in [5.74, 6) is 0.123. The monoisotopic (exact) mass is 383 g/mol. The van der Waals surface area contributed by atoms with Gasteiger partial charge in [-0.1, -0.05) is 0 Å². The highest BCUT2D eigenvalue weighted by molar-refractivity contribution is 5.87. The molecule has 0 bridgehead atoms. The van der Waals surface area contributed by atoms with Crippen molar-refractivity contribution in [3.63, 3.8) is 0 Å². The van der Waals surface area contributed by atoms with Crippen molar-refractivity contribution in [1.82, 2.24) is 14.4 Å². The molecule has 0 unspecified atom stereocenters. The Kier molecular flexibility index (Phi) is 4.54. The number of hydrogen-bond donors (Lipinski definition) is 0. The van der Waals surface area contributed by atoms with Gasteiger partial charge in [0.2, 0.25) is 0 Å². The van der Waals surface area contributed by atoms with Crippen LogP contribution < -0.4 is 9.64 Å². The van der Waals surface area contributed by atoms with Crippen molar-refractivity contribution in [2.24, 2.45) is 4.99 Å². The Hall–Kier alpha value is -3.29. The van der Waals surface area contributed by atoms with Crippen molar-refractivity contribution in [2.45, 2.75) is 27.4 Å². The van der Waals surface area contributed by atoms with Gasteiger partial charge in [0.1, 0.15) is 5.75 Å². The van der Waals surface area contributed by atoms with Crippen molar-refractivity contribution in [3.05, 3.63) is 59.4 Å².